The number of benzene rings is 2. The van der Waals surface area contributed by atoms with Gasteiger partial charge in [0.25, 0.3) is 5.91 Å². The minimum atomic E-state index is 0.0941. The van der Waals surface area contributed by atoms with Crippen LogP contribution >= 0.6 is 22.6 Å². The van der Waals surface area contributed by atoms with Crippen molar-refractivity contribution >= 4 is 28.5 Å². The molecule has 1 amide bonds. The van der Waals surface area contributed by atoms with Gasteiger partial charge in [-0.25, -0.2) is 0 Å². The largest absolute Gasteiger partial charge is 0.342 e. The van der Waals surface area contributed by atoms with Crippen molar-refractivity contribution in [1.82, 2.24) is 4.90 Å². The molecule has 0 atom stereocenters. The molecule has 2 nitrogen and oxygen atoms in total. The molecule has 0 saturated heterocycles. The van der Waals surface area contributed by atoms with Crippen molar-refractivity contribution in [2.24, 2.45) is 0 Å². The van der Waals surface area contributed by atoms with E-state index in [2.05, 4.69) is 46.9 Å². The maximum atomic E-state index is 12.3. The van der Waals surface area contributed by atoms with Gasteiger partial charge in [0.2, 0.25) is 0 Å². The first kappa shape index (κ1) is 15.0. The molecule has 0 N–H and O–H groups in total. The van der Waals surface area contributed by atoms with Gasteiger partial charge in [0.05, 0.1) is 0 Å². The summed E-state index contributed by atoms with van der Waals surface area (Å²) in [5.74, 6) is 0.0941. The molecule has 104 valence electrons. The number of hydrogen-bond donors (Lipinski definition) is 0. The summed E-state index contributed by atoms with van der Waals surface area (Å²) in [5, 5.41) is 0. The molecule has 0 spiro atoms. The molecule has 2 rings (SSSR count). The number of amides is 1. The average Bonchev–Trinajstić information content (AvgIpc) is 2.47. The van der Waals surface area contributed by atoms with E-state index in [0.717, 1.165) is 28.5 Å². The second-order valence-corrected chi connectivity index (χ2v) is 6.07. The first-order chi connectivity index (χ1) is 9.66. The summed E-state index contributed by atoms with van der Waals surface area (Å²) in [4.78, 5) is 14.1. The number of rotatable bonds is 5. The van der Waals surface area contributed by atoms with Crippen LogP contribution in [0.3, 0.4) is 0 Å². The smallest absolute Gasteiger partial charge is 0.253 e. The zero-order valence-corrected chi connectivity index (χ0v) is 13.7. The molecule has 3 heteroatoms. The lowest BCUT2D eigenvalue weighted by Crippen LogP contribution is -2.28. The van der Waals surface area contributed by atoms with Gasteiger partial charge in [-0.3, -0.25) is 4.79 Å². The molecule has 0 radical (unpaired) electrons. The van der Waals surface area contributed by atoms with E-state index in [0.29, 0.717) is 0 Å². The van der Waals surface area contributed by atoms with Crippen molar-refractivity contribution < 1.29 is 4.79 Å². The normalized spacial score (nSPS) is 10.3. The van der Waals surface area contributed by atoms with Crippen LogP contribution in [0.25, 0.3) is 0 Å². The van der Waals surface area contributed by atoms with Gasteiger partial charge in [0.1, 0.15) is 0 Å². The molecule has 0 aromatic heterocycles. The van der Waals surface area contributed by atoms with E-state index >= 15 is 0 Å². The summed E-state index contributed by atoms with van der Waals surface area (Å²) < 4.78 is 1.09. The third-order valence-electron chi connectivity index (χ3n) is 3.22. The highest BCUT2D eigenvalue weighted by atomic mass is 127. The van der Waals surface area contributed by atoms with E-state index in [1.165, 1.54) is 5.56 Å². The van der Waals surface area contributed by atoms with Crippen LogP contribution in [0.4, 0.5) is 0 Å². The fraction of sp³-hybridized carbons (Fsp3) is 0.235. The average molecular weight is 379 g/mol. The van der Waals surface area contributed by atoms with E-state index in [1.54, 1.807) is 4.90 Å². The third kappa shape index (κ3) is 4.34. The van der Waals surface area contributed by atoms with Crippen molar-refractivity contribution in [1.29, 1.82) is 0 Å². The van der Waals surface area contributed by atoms with E-state index in [1.807, 2.05) is 37.4 Å². The predicted octanol–water partition coefficient (Wildman–Crippen LogP) is 4.00. The van der Waals surface area contributed by atoms with Gasteiger partial charge in [-0.05, 0) is 59.2 Å². The van der Waals surface area contributed by atoms with Crippen molar-refractivity contribution in [2.75, 3.05) is 13.6 Å². The molecule has 2 aromatic rings. The van der Waals surface area contributed by atoms with Crippen LogP contribution in [0.2, 0.25) is 0 Å². The van der Waals surface area contributed by atoms with Crippen LogP contribution in [-0.4, -0.2) is 24.4 Å². The summed E-state index contributed by atoms with van der Waals surface area (Å²) in [6.45, 7) is 0.777. The van der Waals surface area contributed by atoms with Crippen LogP contribution in [0, 0.1) is 3.57 Å². The van der Waals surface area contributed by atoms with Gasteiger partial charge in [-0.15, -0.1) is 0 Å². The predicted molar refractivity (Wildman–Crippen MR) is 90.9 cm³/mol. The first-order valence-electron chi connectivity index (χ1n) is 6.72. The molecule has 0 heterocycles. The quantitative estimate of drug-likeness (QED) is 0.720. The molecular formula is C17H18INO. The molecule has 0 unspecified atom stereocenters. The molecule has 20 heavy (non-hydrogen) atoms. The van der Waals surface area contributed by atoms with Gasteiger partial charge in [0, 0.05) is 22.7 Å². The van der Waals surface area contributed by atoms with Crippen molar-refractivity contribution in [3.8, 4) is 0 Å². The Morgan fingerprint density at radius 3 is 2.55 bits per heavy atom. The SMILES string of the molecule is CN(CCCc1ccccc1)C(=O)c1cccc(I)c1. The fourth-order valence-electron chi connectivity index (χ4n) is 2.11. The number of carbonyl (C=O) groups excluding carboxylic acids is 1. The Hall–Kier alpha value is -1.36. The number of halogens is 1. The van der Waals surface area contributed by atoms with E-state index in [9.17, 15) is 4.79 Å². The van der Waals surface area contributed by atoms with Crippen molar-refractivity contribution in [3.05, 3.63) is 69.3 Å². The zero-order chi connectivity index (χ0) is 14.4. The highest BCUT2D eigenvalue weighted by Crippen LogP contribution is 2.10. The highest BCUT2D eigenvalue weighted by molar-refractivity contribution is 14.1. The second-order valence-electron chi connectivity index (χ2n) is 4.83. The molecule has 2 aromatic carbocycles. The fourth-order valence-corrected chi connectivity index (χ4v) is 2.65. The molecule has 0 bridgehead atoms. The van der Waals surface area contributed by atoms with E-state index in [4.69, 9.17) is 0 Å². The summed E-state index contributed by atoms with van der Waals surface area (Å²) in [6, 6.07) is 18.1. The lowest BCUT2D eigenvalue weighted by Gasteiger charge is -2.17. The van der Waals surface area contributed by atoms with E-state index < -0.39 is 0 Å². The number of hydrogen-bond acceptors (Lipinski definition) is 1. The minimum absolute atomic E-state index is 0.0941. The Kier molecular flexibility index (Phi) is 5.59. The minimum Gasteiger partial charge on any atom is -0.342 e. The number of aryl methyl sites for hydroxylation is 1. The molecule has 0 aliphatic rings. The molecular weight excluding hydrogens is 361 g/mol. The summed E-state index contributed by atoms with van der Waals surface area (Å²) >= 11 is 2.23. The van der Waals surface area contributed by atoms with E-state index in [-0.39, 0.29) is 5.91 Å². The lowest BCUT2D eigenvalue weighted by molar-refractivity contribution is 0.0793. The third-order valence-corrected chi connectivity index (χ3v) is 3.89. The Morgan fingerprint density at radius 2 is 1.85 bits per heavy atom. The summed E-state index contributed by atoms with van der Waals surface area (Å²) in [7, 11) is 1.87. The summed E-state index contributed by atoms with van der Waals surface area (Å²) in [5.41, 5.74) is 2.08. The number of carbonyl (C=O) groups is 1. The number of nitrogens with zero attached hydrogens (tertiary/aromatic N) is 1. The van der Waals surface area contributed by atoms with Gasteiger partial charge in [-0.2, -0.15) is 0 Å². The van der Waals surface area contributed by atoms with Gasteiger partial charge >= 0.3 is 0 Å². The van der Waals surface area contributed by atoms with Crippen LogP contribution in [-0.2, 0) is 6.42 Å². The molecule has 0 fully saturated rings. The monoisotopic (exact) mass is 379 g/mol. The Morgan fingerprint density at radius 1 is 1.10 bits per heavy atom. The Labute approximate surface area is 133 Å². The molecule has 0 saturated carbocycles. The maximum absolute atomic E-state index is 12.3. The molecule has 0 aliphatic heterocycles. The van der Waals surface area contributed by atoms with Crippen LogP contribution in [0.5, 0.6) is 0 Å². The Bertz CT molecular complexity index is 568. The second kappa shape index (κ2) is 7.43. The first-order valence-corrected chi connectivity index (χ1v) is 7.79. The highest BCUT2D eigenvalue weighted by Gasteiger charge is 2.11. The van der Waals surface area contributed by atoms with Gasteiger partial charge < -0.3 is 4.90 Å². The standard InChI is InChI=1S/C17H18INO/c1-19(12-6-9-14-7-3-2-4-8-14)17(20)15-10-5-11-16(18)13-15/h2-5,7-8,10-11,13H,6,9,12H2,1H3. The van der Waals surface area contributed by atoms with Gasteiger partial charge in [0.15, 0.2) is 0 Å². The van der Waals surface area contributed by atoms with Gasteiger partial charge in [-0.1, -0.05) is 36.4 Å². The zero-order valence-electron chi connectivity index (χ0n) is 11.6. The van der Waals surface area contributed by atoms with Crippen LogP contribution in [0.15, 0.2) is 54.6 Å². The lowest BCUT2D eigenvalue weighted by atomic mass is 10.1. The van der Waals surface area contributed by atoms with Crippen molar-refractivity contribution in [2.45, 2.75) is 12.8 Å². The maximum Gasteiger partial charge on any atom is 0.253 e. The van der Waals surface area contributed by atoms with Crippen LogP contribution < -0.4 is 0 Å². The Balaban J connectivity index is 1.85. The van der Waals surface area contributed by atoms with Crippen LogP contribution in [0.1, 0.15) is 22.3 Å². The topological polar surface area (TPSA) is 20.3 Å². The van der Waals surface area contributed by atoms with Crippen molar-refractivity contribution in [3.63, 3.8) is 0 Å². The molecule has 0 aliphatic carbocycles. The summed E-state index contributed by atoms with van der Waals surface area (Å²) in [6.07, 6.45) is 1.99.